The molecule has 2 unspecified atom stereocenters. The van der Waals surface area contributed by atoms with Gasteiger partial charge in [0.05, 0.1) is 13.7 Å². The van der Waals surface area contributed by atoms with Crippen LogP contribution >= 0.6 is 0 Å². The predicted molar refractivity (Wildman–Crippen MR) is 77.6 cm³/mol. The lowest BCUT2D eigenvalue weighted by atomic mass is 10.0. The second kappa shape index (κ2) is 7.96. The highest BCUT2D eigenvalue weighted by Crippen LogP contribution is 2.20. The summed E-state index contributed by atoms with van der Waals surface area (Å²) in [5.74, 6) is 0.507. The van der Waals surface area contributed by atoms with Gasteiger partial charge in [0.2, 0.25) is 0 Å². The highest BCUT2D eigenvalue weighted by molar-refractivity contribution is 5.75. The Morgan fingerprint density at radius 1 is 1.45 bits per heavy atom. The number of esters is 1. The zero-order chi connectivity index (χ0) is 14.4. The molecule has 116 valence electrons. The Morgan fingerprint density at radius 2 is 2.25 bits per heavy atom. The lowest BCUT2D eigenvalue weighted by Gasteiger charge is -2.28. The molecular weight excluding hydrogens is 256 g/mol. The molecule has 1 aliphatic carbocycles. The van der Waals surface area contributed by atoms with Gasteiger partial charge in [0, 0.05) is 19.2 Å². The molecular formula is C15H28N2O3. The van der Waals surface area contributed by atoms with Crippen molar-refractivity contribution in [1.82, 2.24) is 10.2 Å². The maximum atomic E-state index is 11.8. The molecule has 1 saturated heterocycles. The highest BCUT2D eigenvalue weighted by Gasteiger charge is 2.29. The van der Waals surface area contributed by atoms with Gasteiger partial charge in [0.15, 0.2) is 0 Å². The lowest BCUT2D eigenvalue weighted by molar-refractivity contribution is -0.143. The normalized spacial score (nSPS) is 24.6. The summed E-state index contributed by atoms with van der Waals surface area (Å²) in [7, 11) is 3.59. The van der Waals surface area contributed by atoms with E-state index in [0.717, 1.165) is 32.7 Å². The first-order valence-electron chi connectivity index (χ1n) is 7.79. The molecule has 0 amide bonds. The van der Waals surface area contributed by atoms with Crippen molar-refractivity contribution in [1.29, 1.82) is 0 Å². The molecule has 2 aliphatic rings. The van der Waals surface area contributed by atoms with Crippen LogP contribution in [0.5, 0.6) is 0 Å². The summed E-state index contributed by atoms with van der Waals surface area (Å²) in [6.45, 7) is 3.76. The molecule has 0 aromatic heterocycles. The Labute approximate surface area is 122 Å². The van der Waals surface area contributed by atoms with E-state index in [2.05, 4.69) is 17.3 Å². The number of nitrogens with zero attached hydrogens (tertiary/aromatic N) is 1. The number of carbonyl (C=O) groups is 1. The van der Waals surface area contributed by atoms with Gasteiger partial charge in [0.25, 0.3) is 0 Å². The third-order valence-electron chi connectivity index (χ3n) is 4.12. The molecule has 5 nitrogen and oxygen atoms in total. The molecule has 2 fully saturated rings. The molecule has 0 spiro atoms. The van der Waals surface area contributed by atoms with Gasteiger partial charge in [0.1, 0.15) is 6.04 Å². The third kappa shape index (κ3) is 5.38. The standard InChI is InChI=1S/C15H28N2O3/c1-17(10-12-4-3-9-20-11-12)8-7-14(15(18)19-2)16-13-5-6-13/h12-14,16H,3-11H2,1-2H3. The number of carbonyl (C=O) groups excluding carboxylic acids is 1. The second-order valence-corrected chi connectivity index (χ2v) is 6.15. The van der Waals surface area contributed by atoms with Crippen molar-refractivity contribution in [3.63, 3.8) is 0 Å². The van der Waals surface area contributed by atoms with Crippen molar-refractivity contribution in [2.24, 2.45) is 5.92 Å². The van der Waals surface area contributed by atoms with E-state index in [4.69, 9.17) is 9.47 Å². The maximum Gasteiger partial charge on any atom is 0.322 e. The maximum absolute atomic E-state index is 11.8. The summed E-state index contributed by atoms with van der Waals surface area (Å²) < 4.78 is 10.4. The topological polar surface area (TPSA) is 50.8 Å². The van der Waals surface area contributed by atoms with Gasteiger partial charge in [-0.25, -0.2) is 0 Å². The molecule has 0 aromatic carbocycles. The van der Waals surface area contributed by atoms with Crippen molar-refractivity contribution in [2.45, 2.75) is 44.2 Å². The minimum Gasteiger partial charge on any atom is -0.468 e. The molecule has 0 aromatic rings. The molecule has 2 rings (SSSR count). The van der Waals surface area contributed by atoms with Crippen LogP contribution in [0.1, 0.15) is 32.1 Å². The molecule has 1 aliphatic heterocycles. The zero-order valence-electron chi connectivity index (χ0n) is 12.8. The van der Waals surface area contributed by atoms with Gasteiger partial charge in [-0.15, -0.1) is 0 Å². The summed E-state index contributed by atoms with van der Waals surface area (Å²) >= 11 is 0. The van der Waals surface area contributed by atoms with Gasteiger partial charge in [-0.3, -0.25) is 4.79 Å². The van der Waals surface area contributed by atoms with Crippen LogP contribution in [0.15, 0.2) is 0 Å². The summed E-state index contributed by atoms with van der Waals surface area (Å²) in [4.78, 5) is 14.1. The number of rotatable bonds is 8. The smallest absolute Gasteiger partial charge is 0.322 e. The van der Waals surface area contributed by atoms with Gasteiger partial charge in [-0.1, -0.05) is 0 Å². The average Bonchev–Trinajstić information content (AvgIpc) is 3.27. The molecule has 1 heterocycles. The van der Waals surface area contributed by atoms with Crippen LogP contribution in [0.2, 0.25) is 0 Å². The number of nitrogens with one attached hydrogen (secondary N) is 1. The average molecular weight is 284 g/mol. The quantitative estimate of drug-likeness (QED) is 0.675. The molecule has 1 N–H and O–H groups in total. The summed E-state index contributed by atoms with van der Waals surface area (Å²) in [5.41, 5.74) is 0. The van der Waals surface area contributed by atoms with Crippen LogP contribution in [0.3, 0.4) is 0 Å². The van der Waals surface area contributed by atoms with Crippen molar-refractivity contribution in [3.8, 4) is 0 Å². The first kappa shape index (κ1) is 15.7. The highest BCUT2D eigenvalue weighted by atomic mass is 16.5. The Kier molecular flexibility index (Phi) is 6.26. The number of hydrogen-bond acceptors (Lipinski definition) is 5. The zero-order valence-corrected chi connectivity index (χ0v) is 12.8. The van der Waals surface area contributed by atoms with Crippen LogP contribution in [0.4, 0.5) is 0 Å². The van der Waals surface area contributed by atoms with E-state index in [9.17, 15) is 4.79 Å². The fraction of sp³-hybridized carbons (Fsp3) is 0.933. The van der Waals surface area contributed by atoms with Gasteiger partial charge in [-0.05, 0) is 51.6 Å². The van der Waals surface area contributed by atoms with Crippen LogP contribution in [0, 0.1) is 5.92 Å². The van der Waals surface area contributed by atoms with Crippen molar-refractivity contribution >= 4 is 5.97 Å². The van der Waals surface area contributed by atoms with Crippen molar-refractivity contribution in [3.05, 3.63) is 0 Å². The van der Waals surface area contributed by atoms with Crippen molar-refractivity contribution in [2.75, 3.05) is 40.5 Å². The van der Waals surface area contributed by atoms with Gasteiger partial charge < -0.3 is 19.7 Å². The number of ether oxygens (including phenoxy) is 2. The van der Waals surface area contributed by atoms with E-state index < -0.39 is 0 Å². The van der Waals surface area contributed by atoms with Crippen LogP contribution < -0.4 is 5.32 Å². The summed E-state index contributed by atoms with van der Waals surface area (Å²) in [6.07, 6.45) is 5.61. The Hall–Kier alpha value is -0.650. The molecule has 20 heavy (non-hydrogen) atoms. The van der Waals surface area contributed by atoms with E-state index in [1.54, 1.807) is 0 Å². The van der Waals surface area contributed by atoms with E-state index in [0.29, 0.717) is 12.0 Å². The predicted octanol–water partition coefficient (Wildman–Crippen LogP) is 1.03. The van der Waals surface area contributed by atoms with Gasteiger partial charge >= 0.3 is 5.97 Å². The van der Waals surface area contributed by atoms with Crippen molar-refractivity contribution < 1.29 is 14.3 Å². The lowest BCUT2D eigenvalue weighted by Crippen LogP contribution is -2.42. The molecule has 5 heteroatoms. The van der Waals surface area contributed by atoms with Gasteiger partial charge in [-0.2, -0.15) is 0 Å². The van der Waals surface area contributed by atoms with E-state index in [1.807, 2.05) is 0 Å². The van der Waals surface area contributed by atoms with E-state index >= 15 is 0 Å². The minimum absolute atomic E-state index is 0.133. The first-order valence-corrected chi connectivity index (χ1v) is 7.79. The molecule has 0 radical (unpaired) electrons. The van der Waals surface area contributed by atoms with Crippen LogP contribution in [-0.4, -0.2) is 63.4 Å². The van der Waals surface area contributed by atoms with E-state index in [-0.39, 0.29) is 12.0 Å². The summed E-state index contributed by atoms with van der Waals surface area (Å²) in [6, 6.07) is 0.369. The molecule has 0 bridgehead atoms. The van der Waals surface area contributed by atoms with E-state index in [1.165, 1.54) is 32.8 Å². The fourth-order valence-electron chi connectivity index (χ4n) is 2.78. The monoisotopic (exact) mass is 284 g/mol. The Morgan fingerprint density at radius 3 is 2.85 bits per heavy atom. The van der Waals surface area contributed by atoms with Crippen LogP contribution in [0.25, 0.3) is 0 Å². The first-order chi connectivity index (χ1) is 9.69. The fourth-order valence-corrected chi connectivity index (χ4v) is 2.78. The minimum atomic E-state index is -0.155. The third-order valence-corrected chi connectivity index (χ3v) is 4.12. The second-order valence-electron chi connectivity index (χ2n) is 6.15. The largest absolute Gasteiger partial charge is 0.468 e. The SMILES string of the molecule is COC(=O)C(CCN(C)CC1CCCOC1)NC1CC1. The summed E-state index contributed by atoms with van der Waals surface area (Å²) in [5, 5.41) is 3.37. The number of methoxy groups -OCH3 is 1. The Balaban J connectivity index is 1.68. The molecule has 1 saturated carbocycles. The Bertz CT molecular complexity index is 301. The molecule has 2 atom stereocenters. The number of hydrogen-bond donors (Lipinski definition) is 1. The van der Waals surface area contributed by atoms with Crippen LogP contribution in [-0.2, 0) is 14.3 Å².